The van der Waals surface area contributed by atoms with E-state index in [1.165, 1.54) is 28.8 Å². The van der Waals surface area contributed by atoms with Crippen LogP contribution in [0.15, 0.2) is 35.2 Å². The lowest BCUT2D eigenvalue weighted by atomic mass is 10.3. The average Bonchev–Trinajstić information content (AvgIpc) is 2.95. The summed E-state index contributed by atoms with van der Waals surface area (Å²) < 4.78 is 24.1. The van der Waals surface area contributed by atoms with Crippen LogP contribution < -0.4 is 0 Å². The van der Waals surface area contributed by atoms with Gasteiger partial charge in [0.2, 0.25) is 5.91 Å². The molecule has 0 saturated carbocycles. The normalized spacial score (nSPS) is 18.7. The van der Waals surface area contributed by atoms with Crippen molar-refractivity contribution in [1.82, 2.24) is 4.90 Å². The van der Waals surface area contributed by atoms with E-state index in [0.717, 1.165) is 0 Å². The number of nitrogens with zero attached hydrogens (tertiary/aromatic N) is 1. The SMILES string of the molecule is O=C(O)[C@@H]1CSCN1C(=O)CCS(=O)(=O)c1ccccc1. The first kappa shape index (κ1) is 15.8. The molecule has 1 N–H and O–H groups in total. The number of sulfone groups is 1. The number of carbonyl (C=O) groups is 2. The molecule has 1 atom stereocenters. The molecule has 6 nitrogen and oxygen atoms in total. The van der Waals surface area contributed by atoms with Crippen LogP contribution in [-0.2, 0) is 19.4 Å². The van der Waals surface area contributed by atoms with Gasteiger partial charge in [0.15, 0.2) is 9.84 Å². The molecular formula is C13H15NO5S2. The first-order valence-electron chi connectivity index (χ1n) is 6.29. The molecule has 1 aromatic carbocycles. The fraction of sp³-hybridized carbons (Fsp3) is 0.385. The molecule has 0 spiro atoms. The highest BCUT2D eigenvalue weighted by Crippen LogP contribution is 2.22. The Morgan fingerprint density at radius 1 is 1.29 bits per heavy atom. The topological polar surface area (TPSA) is 91.8 Å². The van der Waals surface area contributed by atoms with E-state index in [4.69, 9.17) is 5.11 Å². The monoisotopic (exact) mass is 329 g/mol. The molecule has 1 amide bonds. The van der Waals surface area contributed by atoms with Gasteiger partial charge in [0.05, 0.1) is 16.5 Å². The summed E-state index contributed by atoms with van der Waals surface area (Å²) in [7, 11) is -3.52. The largest absolute Gasteiger partial charge is 0.480 e. The zero-order chi connectivity index (χ0) is 15.5. The van der Waals surface area contributed by atoms with Crippen LogP contribution >= 0.6 is 11.8 Å². The Kier molecular flexibility index (Phi) is 4.89. The molecule has 0 bridgehead atoms. The van der Waals surface area contributed by atoms with Gasteiger partial charge in [-0.15, -0.1) is 11.8 Å². The Bertz CT molecular complexity index is 629. The van der Waals surface area contributed by atoms with Crippen molar-refractivity contribution in [3.63, 3.8) is 0 Å². The number of carboxylic acids is 1. The molecule has 0 aromatic heterocycles. The van der Waals surface area contributed by atoms with E-state index in [1.807, 2.05) is 0 Å². The van der Waals surface area contributed by atoms with E-state index in [2.05, 4.69) is 0 Å². The molecule has 1 aliphatic rings. The quantitative estimate of drug-likeness (QED) is 0.860. The third-order valence-electron chi connectivity index (χ3n) is 3.17. The van der Waals surface area contributed by atoms with Gasteiger partial charge in [-0.1, -0.05) is 18.2 Å². The van der Waals surface area contributed by atoms with Crippen LogP contribution in [0.5, 0.6) is 0 Å². The van der Waals surface area contributed by atoms with E-state index < -0.39 is 27.8 Å². The van der Waals surface area contributed by atoms with Gasteiger partial charge >= 0.3 is 5.97 Å². The van der Waals surface area contributed by atoms with Crippen molar-refractivity contribution < 1.29 is 23.1 Å². The van der Waals surface area contributed by atoms with Crippen molar-refractivity contribution in [2.24, 2.45) is 0 Å². The molecule has 21 heavy (non-hydrogen) atoms. The van der Waals surface area contributed by atoms with Crippen molar-refractivity contribution in [3.05, 3.63) is 30.3 Å². The maximum atomic E-state index is 12.1. The molecule has 0 radical (unpaired) electrons. The Morgan fingerprint density at radius 3 is 2.57 bits per heavy atom. The molecular weight excluding hydrogens is 314 g/mol. The predicted octanol–water partition coefficient (Wildman–Crippen LogP) is 0.836. The lowest BCUT2D eigenvalue weighted by Gasteiger charge is -2.20. The van der Waals surface area contributed by atoms with Gasteiger partial charge in [0.1, 0.15) is 6.04 Å². The van der Waals surface area contributed by atoms with Crippen molar-refractivity contribution >= 4 is 33.5 Å². The number of hydrogen-bond acceptors (Lipinski definition) is 5. The van der Waals surface area contributed by atoms with Gasteiger partial charge in [-0.25, -0.2) is 13.2 Å². The molecule has 2 rings (SSSR count). The van der Waals surface area contributed by atoms with Crippen molar-refractivity contribution in [3.8, 4) is 0 Å². The first-order chi connectivity index (χ1) is 9.92. The summed E-state index contributed by atoms with van der Waals surface area (Å²) >= 11 is 1.35. The van der Waals surface area contributed by atoms with E-state index in [9.17, 15) is 18.0 Å². The molecule has 1 aliphatic heterocycles. The summed E-state index contributed by atoms with van der Waals surface area (Å²) in [6.45, 7) is 0. The number of benzene rings is 1. The average molecular weight is 329 g/mol. The second kappa shape index (κ2) is 6.48. The minimum Gasteiger partial charge on any atom is -0.480 e. The fourth-order valence-electron chi connectivity index (χ4n) is 2.00. The third-order valence-corrected chi connectivity index (χ3v) is 5.92. The van der Waals surface area contributed by atoms with E-state index >= 15 is 0 Å². The Balaban J connectivity index is 2.00. The summed E-state index contributed by atoms with van der Waals surface area (Å²) in [5, 5.41) is 9.01. The van der Waals surface area contributed by atoms with Gasteiger partial charge in [-0.05, 0) is 12.1 Å². The molecule has 1 heterocycles. The van der Waals surface area contributed by atoms with Gasteiger partial charge in [0, 0.05) is 12.2 Å². The second-order valence-corrected chi connectivity index (χ2v) is 7.71. The summed E-state index contributed by atoms with van der Waals surface area (Å²) in [5.41, 5.74) is 0. The molecule has 0 unspecified atom stereocenters. The standard InChI is InChI=1S/C13H15NO5S2/c15-12(14-9-20-8-11(14)13(16)17)6-7-21(18,19)10-4-2-1-3-5-10/h1-5,11H,6-9H2,(H,16,17)/t11-/m0/s1. The van der Waals surface area contributed by atoms with Gasteiger partial charge < -0.3 is 10.0 Å². The number of carboxylic acid groups (broad SMARTS) is 1. The van der Waals surface area contributed by atoms with E-state index in [0.29, 0.717) is 11.6 Å². The van der Waals surface area contributed by atoms with Crippen LogP contribution in [0.1, 0.15) is 6.42 Å². The number of hydrogen-bond donors (Lipinski definition) is 1. The zero-order valence-corrected chi connectivity index (χ0v) is 12.8. The lowest BCUT2D eigenvalue weighted by molar-refractivity contribution is -0.147. The van der Waals surface area contributed by atoms with Gasteiger partial charge in [-0.3, -0.25) is 4.79 Å². The first-order valence-corrected chi connectivity index (χ1v) is 9.10. The number of thioether (sulfide) groups is 1. The maximum absolute atomic E-state index is 12.1. The van der Waals surface area contributed by atoms with Crippen molar-refractivity contribution in [2.75, 3.05) is 17.4 Å². The summed E-state index contributed by atoms with van der Waals surface area (Å²) in [4.78, 5) is 24.4. The Labute approximate surface area is 127 Å². The summed E-state index contributed by atoms with van der Waals surface area (Å²) in [6.07, 6.45) is -0.207. The van der Waals surface area contributed by atoms with Gasteiger partial charge in [-0.2, -0.15) is 0 Å². The molecule has 1 aromatic rings. The van der Waals surface area contributed by atoms with Crippen LogP contribution in [0.2, 0.25) is 0 Å². The molecule has 8 heteroatoms. The highest BCUT2D eigenvalue weighted by atomic mass is 32.2. The Hall–Kier alpha value is -1.54. The van der Waals surface area contributed by atoms with Crippen LogP contribution in [0.25, 0.3) is 0 Å². The number of aliphatic carboxylic acids is 1. The lowest BCUT2D eigenvalue weighted by Crippen LogP contribution is -2.42. The van der Waals surface area contributed by atoms with Crippen LogP contribution in [0.3, 0.4) is 0 Å². The molecule has 0 aliphatic carbocycles. The Morgan fingerprint density at radius 2 is 1.95 bits per heavy atom. The van der Waals surface area contributed by atoms with Crippen LogP contribution in [-0.4, -0.2) is 53.7 Å². The van der Waals surface area contributed by atoms with E-state index in [1.54, 1.807) is 18.2 Å². The fourth-order valence-corrected chi connectivity index (χ4v) is 4.43. The second-order valence-electron chi connectivity index (χ2n) is 4.60. The number of rotatable bonds is 5. The number of carbonyl (C=O) groups excluding carboxylic acids is 1. The van der Waals surface area contributed by atoms with Crippen LogP contribution in [0, 0.1) is 0 Å². The van der Waals surface area contributed by atoms with Gasteiger partial charge in [0.25, 0.3) is 0 Å². The van der Waals surface area contributed by atoms with Crippen LogP contribution in [0.4, 0.5) is 0 Å². The maximum Gasteiger partial charge on any atom is 0.327 e. The predicted molar refractivity (Wildman–Crippen MR) is 78.7 cm³/mol. The minimum absolute atomic E-state index is 0.170. The zero-order valence-electron chi connectivity index (χ0n) is 11.1. The van der Waals surface area contributed by atoms with Crippen molar-refractivity contribution in [1.29, 1.82) is 0 Å². The third kappa shape index (κ3) is 3.76. The highest BCUT2D eigenvalue weighted by Gasteiger charge is 2.34. The molecule has 114 valence electrons. The van der Waals surface area contributed by atoms with E-state index in [-0.39, 0.29) is 17.1 Å². The minimum atomic E-state index is -3.52. The summed E-state index contributed by atoms with van der Waals surface area (Å²) in [5.74, 6) is -1.18. The van der Waals surface area contributed by atoms with Crippen molar-refractivity contribution in [2.45, 2.75) is 17.4 Å². The summed E-state index contributed by atoms with van der Waals surface area (Å²) in [6, 6.07) is 7.04. The number of amides is 1. The molecule has 1 saturated heterocycles. The molecule has 1 fully saturated rings. The highest BCUT2D eigenvalue weighted by molar-refractivity contribution is 7.99. The smallest absolute Gasteiger partial charge is 0.327 e.